The molecule has 4 atom stereocenters. The van der Waals surface area contributed by atoms with Crippen molar-refractivity contribution >= 4 is 29.7 Å². The second-order valence-electron chi connectivity index (χ2n) is 9.27. The van der Waals surface area contributed by atoms with Crippen molar-refractivity contribution in [2.75, 3.05) is 13.1 Å². The third kappa shape index (κ3) is 8.53. The summed E-state index contributed by atoms with van der Waals surface area (Å²) in [6.07, 6.45) is 7.61. The number of guanidine groups is 1. The molecular formula is C23H35N11O5. The maximum atomic E-state index is 13.3. The van der Waals surface area contributed by atoms with E-state index in [1.54, 1.807) is 6.20 Å². The molecule has 1 fully saturated rings. The van der Waals surface area contributed by atoms with Gasteiger partial charge in [-0.1, -0.05) is 0 Å². The fourth-order valence-electron chi connectivity index (χ4n) is 4.36. The number of nitrogens with one attached hydrogen (secondary N) is 4. The zero-order chi connectivity index (χ0) is 28.4. The largest absolute Gasteiger partial charge is 0.480 e. The topological polar surface area (TPSA) is 264 Å². The van der Waals surface area contributed by atoms with Gasteiger partial charge >= 0.3 is 5.97 Å². The summed E-state index contributed by atoms with van der Waals surface area (Å²) < 4.78 is 0. The minimum atomic E-state index is -1.24. The molecule has 0 aromatic carbocycles. The van der Waals surface area contributed by atoms with Gasteiger partial charge in [-0.3, -0.25) is 19.4 Å². The van der Waals surface area contributed by atoms with Crippen LogP contribution in [0.2, 0.25) is 0 Å². The van der Waals surface area contributed by atoms with Crippen LogP contribution in [0, 0.1) is 0 Å². The molecular weight excluding hydrogens is 510 g/mol. The number of aliphatic imine (C=N–C) groups is 1. The Morgan fingerprint density at radius 3 is 2.33 bits per heavy atom. The zero-order valence-corrected chi connectivity index (χ0v) is 21.4. The number of aromatic nitrogens is 4. The van der Waals surface area contributed by atoms with Crippen molar-refractivity contribution in [3.63, 3.8) is 0 Å². The van der Waals surface area contributed by atoms with Gasteiger partial charge in [-0.15, -0.1) is 0 Å². The number of hydrogen-bond acceptors (Lipinski definition) is 8. The summed E-state index contributed by atoms with van der Waals surface area (Å²) in [5.74, 6) is -2.97. The molecule has 4 unspecified atom stereocenters. The van der Waals surface area contributed by atoms with E-state index in [2.05, 4.69) is 35.6 Å². The van der Waals surface area contributed by atoms with Gasteiger partial charge in [0.2, 0.25) is 17.7 Å². The number of hydrogen-bond donors (Lipinski definition) is 8. The molecule has 212 valence electrons. The van der Waals surface area contributed by atoms with Crippen LogP contribution in [-0.2, 0) is 32.0 Å². The number of rotatable bonds is 14. The van der Waals surface area contributed by atoms with E-state index in [1.165, 1.54) is 23.8 Å². The highest BCUT2D eigenvalue weighted by molar-refractivity contribution is 5.94. The van der Waals surface area contributed by atoms with E-state index in [0.29, 0.717) is 37.2 Å². The molecule has 1 saturated heterocycles. The Balaban J connectivity index is 1.67. The van der Waals surface area contributed by atoms with Gasteiger partial charge in [0.05, 0.1) is 18.7 Å². The molecule has 3 rings (SSSR count). The van der Waals surface area contributed by atoms with Crippen LogP contribution in [-0.4, -0.2) is 96.8 Å². The van der Waals surface area contributed by atoms with Gasteiger partial charge in [-0.2, -0.15) is 0 Å². The van der Waals surface area contributed by atoms with Gasteiger partial charge in [0.25, 0.3) is 0 Å². The Morgan fingerprint density at radius 1 is 1.08 bits per heavy atom. The molecule has 1 aliphatic heterocycles. The third-order valence-electron chi connectivity index (χ3n) is 6.32. The second kappa shape index (κ2) is 13.9. The Kier molecular flexibility index (Phi) is 10.4. The Labute approximate surface area is 224 Å². The first-order valence-electron chi connectivity index (χ1n) is 12.5. The van der Waals surface area contributed by atoms with Crippen molar-refractivity contribution in [1.29, 1.82) is 0 Å². The predicted molar refractivity (Wildman–Crippen MR) is 139 cm³/mol. The highest BCUT2D eigenvalue weighted by Gasteiger charge is 2.38. The minimum Gasteiger partial charge on any atom is -0.480 e. The van der Waals surface area contributed by atoms with E-state index < -0.39 is 42.0 Å². The van der Waals surface area contributed by atoms with Crippen LogP contribution in [0.5, 0.6) is 0 Å². The van der Waals surface area contributed by atoms with Gasteiger partial charge in [0, 0.05) is 49.7 Å². The van der Waals surface area contributed by atoms with Crippen LogP contribution in [0.25, 0.3) is 0 Å². The van der Waals surface area contributed by atoms with Crippen LogP contribution >= 0.6 is 0 Å². The summed E-state index contributed by atoms with van der Waals surface area (Å²) >= 11 is 0. The molecule has 1 aliphatic rings. The maximum Gasteiger partial charge on any atom is 0.326 e. The number of carbonyl (C=O) groups excluding carboxylic acids is 3. The van der Waals surface area contributed by atoms with Crippen LogP contribution in [0.4, 0.5) is 0 Å². The van der Waals surface area contributed by atoms with Crippen molar-refractivity contribution in [2.24, 2.45) is 22.2 Å². The molecule has 0 radical (unpaired) electrons. The highest BCUT2D eigenvalue weighted by Crippen LogP contribution is 2.19. The van der Waals surface area contributed by atoms with Crippen molar-refractivity contribution in [1.82, 2.24) is 35.5 Å². The summed E-state index contributed by atoms with van der Waals surface area (Å²) in [4.78, 5) is 70.2. The lowest BCUT2D eigenvalue weighted by atomic mass is 10.1. The fraction of sp³-hybridized carbons (Fsp3) is 0.522. The van der Waals surface area contributed by atoms with E-state index >= 15 is 0 Å². The first-order chi connectivity index (χ1) is 18.7. The quantitative estimate of drug-likeness (QED) is 0.0693. The molecule has 39 heavy (non-hydrogen) atoms. The Bertz CT molecular complexity index is 1130. The second-order valence-corrected chi connectivity index (χ2v) is 9.27. The first kappa shape index (κ1) is 29.1. The summed E-state index contributed by atoms with van der Waals surface area (Å²) in [5, 5.41) is 14.8. The zero-order valence-electron chi connectivity index (χ0n) is 21.4. The number of likely N-dealkylation sites (tertiary alicyclic amines) is 1. The molecule has 16 heteroatoms. The smallest absolute Gasteiger partial charge is 0.326 e. The number of H-pyrrole nitrogens is 2. The SMILES string of the molecule is NC(N)=NCCCC(NC(=O)C(Cc1cnc[nH]1)NC(=O)C1CCCN1C(=O)C(N)Cc1cnc[nH]1)C(=O)O. The van der Waals surface area contributed by atoms with Crippen molar-refractivity contribution in [3.8, 4) is 0 Å². The average Bonchev–Trinajstić information content (AvgIpc) is 3.67. The number of aliphatic carboxylic acids is 1. The summed E-state index contributed by atoms with van der Waals surface area (Å²) in [6.45, 7) is 0.548. The van der Waals surface area contributed by atoms with Crippen LogP contribution < -0.4 is 27.8 Å². The molecule has 2 aromatic heterocycles. The van der Waals surface area contributed by atoms with Crippen molar-refractivity contribution in [2.45, 2.75) is 62.7 Å². The van der Waals surface area contributed by atoms with Crippen LogP contribution in [0.1, 0.15) is 37.1 Å². The molecule has 3 heterocycles. The average molecular weight is 546 g/mol. The highest BCUT2D eigenvalue weighted by atomic mass is 16.4. The number of carboxylic acids is 1. The van der Waals surface area contributed by atoms with Gasteiger partial charge in [-0.25, -0.2) is 14.8 Å². The van der Waals surface area contributed by atoms with Crippen molar-refractivity contribution in [3.05, 3.63) is 36.4 Å². The third-order valence-corrected chi connectivity index (χ3v) is 6.32. The van der Waals surface area contributed by atoms with E-state index in [-0.39, 0.29) is 37.7 Å². The van der Waals surface area contributed by atoms with Gasteiger partial charge in [-0.05, 0) is 25.7 Å². The van der Waals surface area contributed by atoms with E-state index in [9.17, 15) is 24.3 Å². The van der Waals surface area contributed by atoms with E-state index in [0.717, 1.165) is 0 Å². The predicted octanol–water partition coefficient (Wildman–Crippen LogP) is -2.66. The van der Waals surface area contributed by atoms with E-state index in [4.69, 9.17) is 17.2 Å². The normalized spacial score (nSPS) is 17.2. The summed E-state index contributed by atoms with van der Waals surface area (Å²) in [7, 11) is 0. The molecule has 0 spiro atoms. The van der Waals surface area contributed by atoms with Crippen LogP contribution in [0.15, 0.2) is 30.0 Å². The van der Waals surface area contributed by atoms with Gasteiger partial charge in [0.15, 0.2) is 5.96 Å². The first-order valence-corrected chi connectivity index (χ1v) is 12.5. The Hall–Kier alpha value is -4.47. The van der Waals surface area contributed by atoms with Gasteiger partial charge < -0.3 is 47.8 Å². The summed E-state index contributed by atoms with van der Waals surface area (Å²) in [5.41, 5.74) is 17.9. The maximum absolute atomic E-state index is 13.3. The number of nitrogens with two attached hydrogens (primary N) is 3. The number of amides is 3. The van der Waals surface area contributed by atoms with E-state index in [1.807, 2.05) is 0 Å². The van der Waals surface area contributed by atoms with Gasteiger partial charge in [0.1, 0.15) is 18.1 Å². The van der Waals surface area contributed by atoms with Crippen molar-refractivity contribution < 1.29 is 24.3 Å². The van der Waals surface area contributed by atoms with Crippen LogP contribution in [0.3, 0.4) is 0 Å². The molecule has 0 bridgehead atoms. The monoisotopic (exact) mass is 545 g/mol. The molecule has 0 aliphatic carbocycles. The lowest BCUT2D eigenvalue weighted by molar-refractivity contribution is -0.143. The minimum absolute atomic E-state index is 0.0257. The fourth-order valence-corrected chi connectivity index (χ4v) is 4.36. The number of imidazole rings is 2. The number of nitrogens with zero attached hydrogens (tertiary/aromatic N) is 4. The molecule has 2 aromatic rings. The molecule has 3 amide bonds. The molecule has 16 nitrogen and oxygen atoms in total. The number of carbonyl (C=O) groups is 4. The Morgan fingerprint density at radius 2 is 1.74 bits per heavy atom. The molecule has 0 saturated carbocycles. The standard InChI is InChI=1S/C23H35N11O5/c24-15(7-13-9-27-11-30-13)21(37)34-6-2-4-18(34)20(36)33-17(8-14-10-28-12-31-14)19(35)32-16(22(38)39)3-1-5-29-23(25)26/h9-12,15-18H,1-8,24H2,(H,27,30)(H,28,31)(H,32,35)(H,33,36)(H,38,39)(H4,25,26,29). The summed E-state index contributed by atoms with van der Waals surface area (Å²) in [6, 6.07) is -4.05. The lowest BCUT2D eigenvalue weighted by Gasteiger charge is -2.28. The number of aromatic amines is 2. The lowest BCUT2D eigenvalue weighted by Crippen LogP contribution is -2.57. The molecule has 11 N–H and O–H groups in total. The number of carboxylic acid groups (broad SMARTS) is 1.